The Morgan fingerprint density at radius 1 is 1.12 bits per heavy atom. The van der Waals surface area contributed by atoms with Crippen LogP contribution < -0.4 is 26.0 Å². The number of nitrogens with one attached hydrogen (secondary N) is 1. The lowest BCUT2D eigenvalue weighted by Crippen LogP contribution is -2.39. The zero-order valence-electron chi connectivity index (χ0n) is 18.8. The highest BCUT2D eigenvalue weighted by Crippen LogP contribution is 2.28. The number of nitrogens with zero attached hydrogens (tertiary/aromatic N) is 4. The van der Waals surface area contributed by atoms with Crippen LogP contribution >= 0.6 is 0 Å². The third kappa shape index (κ3) is 4.16. The molecule has 10 heteroatoms. The summed E-state index contributed by atoms with van der Waals surface area (Å²) in [5.74, 6) is 1.21. The van der Waals surface area contributed by atoms with Crippen LogP contribution in [0.1, 0.15) is 25.2 Å². The van der Waals surface area contributed by atoms with Crippen molar-refractivity contribution in [2.24, 2.45) is 7.05 Å². The highest BCUT2D eigenvalue weighted by molar-refractivity contribution is 5.78. The van der Waals surface area contributed by atoms with Crippen molar-refractivity contribution < 1.29 is 14.3 Å². The van der Waals surface area contributed by atoms with E-state index >= 15 is 0 Å². The molecule has 0 atom stereocenters. The van der Waals surface area contributed by atoms with Crippen LogP contribution in [0.15, 0.2) is 27.8 Å². The minimum atomic E-state index is -0.363. The van der Waals surface area contributed by atoms with Crippen LogP contribution in [-0.4, -0.2) is 45.4 Å². The minimum absolute atomic E-state index is 0.115. The smallest absolute Gasteiger partial charge is 0.332 e. The normalized spacial score (nSPS) is 11.3. The summed E-state index contributed by atoms with van der Waals surface area (Å²) in [5, 5.41) is 2.49. The highest BCUT2D eigenvalue weighted by atomic mass is 16.5. The van der Waals surface area contributed by atoms with Gasteiger partial charge in [-0.05, 0) is 37.6 Å². The molecule has 3 aromatic rings. The van der Waals surface area contributed by atoms with Crippen molar-refractivity contribution in [3.05, 3.63) is 50.4 Å². The number of imidazole rings is 1. The first-order chi connectivity index (χ1) is 15.4. The third-order valence-corrected chi connectivity index (χ3v) is 5.16. The van der Waals surface area contributed by atoms with Crippen molar-refractivity contribution >= 4 is 29.2 Å². The molecule has 170 valence electrons. The van der Waals surface area contributed by atoms with E-state index in [4.69, 9.17) is 9.47 Å². The van der Waals surface area contributed by atoms with Crippen LogP contribution in [0, 0.1) is 0 Å². The maximum atomic E-state index is 12.8. The van der Waals surface area contributed by atoms with Gasteiger partial charge < -0.3 is 19.4 Å². The topological polar surface area (TPSA) is 109 Å². The molecule has 0 unspecified atom stereocenters. The molecule has 2 aromatic heterocycles. The third-order valence-electron chi connectivity index (χ3n) is 5.16. The van der Waals surface area contributed by atoms with Crippen molar-refractivity contribution in [3.8, 4) is 11.5 Å². The second kappa shape index (κ2) is 9.54. The number of amides is 1. The van der Waals surface area contributed by atoms with Crippen molar-refractivity contribution in [2.45, 2.75) is 26.9 Å². The number of ether oxygens (including phenoxy) is 2. The number of carbonyl (C=O) groups excluding carboxylic acids is 1. The number of methoxy groups -OCH3 is 1. The molecule has 1 aromatic carbocycles. The number of aryl methyl sites for hydroxylation is 2. The van der Waals surface area contributed by atoms with Crippen LogP contribution in [0.3, 0.4) is 0 Å². The van der Waals surface area contributed by atoms with Gasteiger partial charge in [-0.3, -0.25) is 18.7 Å². The van der Waals surface area contributed by atoms with E-state index in [1.165, 1.54) is 23.3 Å². The van der Waals surface area contributed by atoms with Gasteiger partial charge in [0.1, 0.15) is 5.82 Å². The molecule has 0 aliphatic rings. The zero-order chi connectivity index (χ0) is 23.4. The van der Waals surface area contributed by atoms with E-state index in [0.29, 0.717) is 35.0 Å². The number of likely N-dealkylation sites (N-methyl/N-ethyl adjacent to an activating group) is 1. The Bertz CT molecular complexity index is 1300. The summed E-state index contributed by atoms with van der Waals surface area (Å²) < 4.78 is 15.2. The van der Waals surface area contributed by atoms with Gasteiger partial charge in [0.2, 0.25) is 0 Å². The first-order valence-electron chi connectivity index (χ1n) is 10.3. The van der Waals surface area contributed by atoms with E-state index in [9.17, 15) is 14.4 Å². The van der Waals surface area contributed by atoms with E-state index in [0.717, 1.165) is 5.56 Å². The molecule has 3 rings (SSSR count). The Morgan fingerprint density at radius 3 is 2.47 bits per heavy atom. The van der Waals surface area contributed by atoms with Crippen LogP contribution in [0.25, 0.3) is 23.3 Å². The molecular formula is C22H27N5O5. The summed E-state index contributed by atoms with van der Waals surface area (Å²) in [6.07, 6.45) is 3.58. The van der Waals surface area contributed by atoms with Gasteiger partial charge in [0.25, 0.3) is 11.5 Å². The number of fused-ring (bicyclic) bond motifs is 1. The number of rotatable bonds is 8. The molecule has 1 amide bonds. The number of benzene rings is 1. The lowest BCUT2D eigenvalue weighted by atomic mass is 10.2. The summed E-state index contributed by atoms with van der Waals surface area (Å²) in [7, 11) is 4.80. The summed E-state index contributed by atoms with van der Waals surface area (Å²) in [5.41, 5.74) is 0.831. The number of aromatic nitrogens is 4. The number of hydrogen-bond acceptors (Lipinski definition) is 6. The van der Waals surface area contributed by atoms with Crippen molar-refractivity contribution in [1.29, 1.82) is 0 Å². The van der Waals surface area contributed by atoms with Gasteiger partial charge in [0.05, 0.1) is 7.11 Å². The van der Waals surface area contributed by atoms with Crippen molar-refractivity contribution in [3.63, 3.8) is 0 Å². The Morgan fingerprint density at radius 2 is 1.84 bits per heavy atom. The Labute approximate surface area is 184 Å². The molecule has 0 spiro atoms. The van der Waals surface area contributed by atoms with Crippen LogP contribution in [0.5, 0.6) is 11.5 Å². The van der Waals surface area contributed by atoms with E-state index in [1.54, 1.807) is 36.7 Å². The van der Waals surface area contributed by atoms with Crippen LogP contribution in [-0.2, 0) is 24.9 Å². The van der Waals surface area contributed by atoms with Gasteiger partial charge in [0, 0.05) is 27.2 Å². The summed E-state index contributed by atoms with van der Waals surface area (Å²) in [6.45, 7) is 4.19. The lowest BCUT2D eigenvalue weighted by Gasteiger charge is -2.10. The molecule has 0 saturated carbocycles. The number of hydrogen-bond donors (Lipinski definition) is 1. The summed E-state index contributed by atoms with van der Waals surface area (Å²) >= 11 is 0. The van der Waals surface area contributed by atoms with Gasteiger partial charge in [-0.2, -0.15) is 0 Å². The highest BCUT2D eigenvalue weighted by Gasteiger charge is 2.17. The van der Waals surface area contributed by atoms with Crippen LogP contribution in [0.4, 0.5) is 0 Å². The van der Waals surface area contributed by atoms with Crippen LogP contribution in [0.2, 0.25) is 0 Å². The number of carbonyl (C=O) groups is 1. The van der Waals surface area contributed by atoms with Crippen molar-refractivity contribution in [2.75, 3.05) is 20.8 Å². The molecule has 10 nitrogen and oxygen atoms in total. The second-order valence-corrected chi connectivity index (χ2v) is 6.98. The molecule has 0 radical (unpaired) electrons. The molecular weight excluding hydrogens is 414 g/mol. The fourth-order valence-corrected chi connectivity index (χ4v) is 3.39. The monoisotopic (exact) mass is 441 g/mol. The van der Waals surface area contributed by atoms with Crippen molar-refractivity contribution in [1.82, 2.24) is 24.0 Å². The Hall–Kier alpha value is -3.82. The molecule has 0 bridgehead atoms. The largest absolute Gasteiger partial charge is 0.493 e. The SMILES string of the molecule is CCn1c(=O)c2c(nc(/C=C/c3ccc(OCC(=O)NC)c(OC)c3)n2C)n(CC)c1=O. The predicted molar refractivity (Wildman–Crippen MR) is 122 cm³/mol. The van der Waals surface area contributed by atoms with E-state index in [-0.39, 0.29) is 30.3 Å². The molecule has 0 fully saturated rings. The lowest BCUT2D eigenvalue weighted by molar-refractivity contribution is -0.122. The average Bonchev–Trinajstić information content (AvgIpc) is 3.12. The van der Waals surface area contributed by atoms with E-state index in [2.05, 4.69) is 10.3 Å². The van der Waals surface area contributed by atoms with Gasteiger partial charge in [-0.25, -0.2) is 9.78 Å². The van der Waals surface area contributed by atoms with Gasteiger partial charge in [0.15, 0.2) is 29.3 Å². The second-order valence-electron chi connectivity index (χ2n) is 6.98. The summed E-state index contributed by atoms with van der Waals surface area (Å²) in [6, 6.07) is 5.29. The Balaban J connectivity index is 1.99. The molecule has 0 aliphatic heterocycles. The Kier molecular flexibility index (Phi) is 6.82. The quantitative estimate of drug-likeness (QED) is 0.563. The summed E-state index contributed by atoms with van der Waals surface area (Å²) in [4.78, 5) is 41.4. The standard InChI is InChI=1S/C22H27N5O5/c1-6-26-20-19(21(29)27(7-2)22(26)30)25(4)17(24-20)11-9-14-8-10-15(16(12-14)31-5)32-13-18(28)23-3/h8-12H,6-7,13H2,1-5H3,(H,23,28)/b11-9+. The molecule has 32 heavy (non-hydrogen) atoms. The van der Waals surface area contributed by atoms with Gasteiger partial charge in [-0.1, -0.05) is 12.1 Å². The minimum Gasteiger partial charge on any atom is -0.493 e. The van der Waals surface area contributed by atoms with Gasteiger partial charge >= 0.3 is 5.69 Å². The average molecular weight is 441 g/mol. The van der Waals surface area contributed by atoms with E-state index in [1.807, 2.05) is 19.1 Å². The maximum absolute atomic E-state index is 12.8. The zero-order valence-corrected chi connectivity index (χ0v) is 18.8. The molecule has 0 aliphatic carbocycles. The first kappa shape index (κ1) is 22.9. The molecule has 0 saturated heterocycles. The maximum Gasteiger partial charge on any atom is 0.332 e. The fraction of sp³-hybridized carbons (Fsp3) is 0.364. The predicted octanol–water partition coefficient (Wildman–Crippen LogP) is 1.24. The molecule has 1 N–H and O–H groups in total. The van der Waals surface area contributed by atoms with Gasteiger partial charge in [-0.15, -0.1) is 0 Å². The molecule has 2 heterocycles. The fourth-order valence-electron chi connectivity index (χ4n) is 3.39. The first-order valence-corrected chi connectivity index (χ1v) is 10.3. The van der Waals surface area contributed by atoms with E-state index < -0.39 is 0 Å².